The fraction of sp³-hybridized carbons (Fsp3) is 0.273. The minimum Gasteiger partial charge on any atom is -0.396 e. The number of aliphatic hydroxyl groups excluding tert-OH is 1. The van der Waals surface area contributed by atoms with Crippen LogP contribution in [0.15, 0.2) is 12.1 Å². The lowest BCUT2D eigenvalue weighted by atomic mass is 10.1. The highest BCUT2D eigenvalue weighted by atomic mass is 35.5. The maximum Gasteiger partial charge on any atom is 0.299 e. The van der Waals surface area contributed by atoms with Gasteiger partial charge in [-0.25, -0.2) is 4.39 Å². The SMILES string of the molecule is O=C1C(=O)N(CCCO)c2c(F)ccc(Cl)c21. The van der Waals surface area contributed by atoms with Crippen LogP contribution in [0, 0.1) is 5.82 Å². The molecule has 17 heavy (non-hydrogen) atoms. The third-order valence-corrected chi connectivity index (χ3v) is 2.87. The van der Waals surface area contributed by atoms with E-state index in [1.165, 1.54) is 6.07 Å². The molecule has 1 amide bonds. The van der Waals surface area contributed by atoms with Crippen LogP contribution in [0.25, 0.3) is 0 Å². The summed E-state index contributed by atoms with van der Waals surface area (Å²) in [6.07, 6.45) is 0.268. The molecule has 0 radical (unpaired) electrons. The Kier molecular flexibility index (Phi) is 3.13. The van der Waals surface area contributed by atoms with Crippen LogP contribution in [0.1, 0.15) is 16.8 Å². The van der Waals surface area contributed by atoms with Gasteiger partial charge in [-0.1, -0.05) is 11.6 Å². The Morgan fingerprint density at radius 1 is 1.35 bits per heavy atom. The van der Waals surface area contributed by atoms with E-state index in [9.17, 15) is 14.0 Å². The number of fused-ring (bicyclic) bond motifs is 1. The smallest absolute Gasteiger partial charge is 0.299 e. The standard InChI is InChI=1S/C11H9ClFNO3/c12-6-2-3-7(13)9-8(6)10(16)11(17)14(9)4-1-5-15/h2-3,15H,1,4-5H2. The molecule has 2 rings (SSSR count). The van der Waals surface area contributed by atoms with Crippen LogP contribution in [0.2, 0.25) is 5.02 Å². The normalized spacial score (nSPS) is 14.4. The zero-order valence-corrected chi connectivity index (χ0v) is 9.50. The summed E-state index contributed by atoms with van der Waals surface area (Å²) in [5.41, 5.74) is -0.171. The molecule has 6 heteroatoms. The van der Waals surface area contributed by atoms with Gasteiger partial charge in [0.2, 0.25) is 0 Å². The zero-order valence-electron chi connectivity index (χ0n) is 8.74. The van der Waals surface area contributed by atoms with Gasteiger partial charge in [0.25, 0.3) is 11.7 Å². The van der Waals surface area contributed by atoms with Gasteiger partial charge in [-0.15, -0.1) is 0 Å². The van der Waals surface area contributed by atoms with Crippen molar-refractivity contribution in [2.45, 2.75) is 6.42 Å². The van der Waals surface area contributed by atoms with E-state index >= 15 is 0 Å². The summed E-state index contributed by atoms with van der Waals surface area (Å²) in [7, 11) is 0. The minimum atomic E-state index is -0.805. The number of carbonyl (C=O) groups excluding carboxylic acids is 2. The van der Waals surface area contributed by atoms with Gasteiger partial charge in [-0.3, -0.25) is 9.59 Å². The highest BCUT2D eigenvalue weighted by molar-refractivity contribution is 6.55. The van der Waals surface area contributed by atoms with Crippen LogP contribution in [-0.2, 0) is 4.79 Å². The Morgan fingerprint density at radius 2 is 2.06 bits per heavy atom. The van der Waals surface area contributed by atoms with E-state index in [0.717, 1.165) is 11.0 Å². The molecular weight excluding hydrogens is 249 g/mol. The Labute approximate surface area is 102 Å². The average Bonchev–Trinajstić information content (AvgIpc) is 2.56. The number of rotatable bonds is 3. The van der Waals surface area contributed by atoms with Crippen molar-refractivity contribution in [3.05, 3.63) is 28.5 Å². The first kappa shape index (κ1) is 12.0. The van der Waals surface area contributed by atoms with Crippen LogP contribution in [0.4, 0.5) is 10.1 Å². The van der Waals surface area contributed by atoms with Gasteiger partial charge in [0.05, 0.1) is 16.3 Å². The molecule has 0 aromatic heterocycles. The molecule has 0 aliphatic carbocycles. The van der Waals surface area contributed by atoms with Gasteiger partial charge >= 0.3 is 0 Å². The number of ketones is 1. The van der Waals surface area contributed by atoms with E-state index in [1.54, 1.807) is 0 Å². The topological polar surface area (TPSA) is 57.6 Å². The maximum atomic E-state index is 13.6. The number of amides is 1. The van der Waals surface area contributed by atoms with Gasteiger partial charge in [-0.05, 0) is 18.6 Å². The summed E-state index contributed by atoms with van der Waals surface area (Å²) in [6, 6.07) is 2.36. The minimum absolute atomic E-state index is 0.0613. The average molecular weight is 258 g/mol. The second-order valence-electron chi connectivity index (χ2n) is 3.62. The fourth-order valence-corrected chi connectivity index (χ4v) is 2.03. The molecule has 0 saturated carbocycles. The summed E-state index contributed by atoms with van der Waals surface area (Å²) in [5.74, 6) is -2.27. The van der Waals surface area contributed by atoms with E-state index in [4.69, 9.17) is 16.7 Å². The van der Waals surface area contributed by atoms with Gasteiger partial charge in [-0.2, -0.15) is 0 Å². The van der Waals surface area contributed by atoms with E-state index in [2.05, 4.69) is 0 Å². The molecule has 1 aliphatic heterocycles. The molecule has 90 valence electrons. The predicted molar refractivity (Wildman–Crippen MR) is 59.8 cm³/mol. The molecule has 0 spiro atoms. The Balaban J connectivity index is 2.52. The molecule has 1 aromatic rings. The highest BCUT2D eigenvalue weighted by Gasteiger charge is 2.39. The van der Waals surface area contributed by atoms with Crippen LogP contribution in [0.3, 0.4) is 0 Å². The quantitative estimate of drug-likeness (QED) is 0.833. The van der Waals surface area contributed by atoms with E-state index in [-0.39, 0.29) is 35.8 Å². The van der Waals surface area contributed by atoms with Gasteiger partial charge in [0, 0.05) is 13.2 Å². The summed E-state index contributed by atoms with van der Waals surface area (Å²) in [6.45, 7) is -0.0547. The third kappa shape index (κ3) is 1.81. The monoisotopic (exact) mass is 257 g/mol. The zero-order chi connectivity index (χ0) is 12.6. The van der Waals surface area contributed by atoms with Crippen molar-refractivity contribution in [3.63, 3.8) is 0 Å². The van der Waals surface area contributed by atoms with Crippen molar-refractivity contribution in [2.75, 3.05) is 18.1 Å². The van der Waals surface area contributed by atoms with E-state index < -0.39 is 17.5 Å². The van der Waals surface area contributed by atoms with Crippen LogP contribution >= 0.6 is 11.6 Å². The molecule has 1 aliphatic rings. The number of Topliss-reactive ketones (excluding diaryl/α,β-unsaturated/α-hetero) is 1. The first-order chi connectivity index (χ1) is 8.07. The maximum absolute atomic E-state index is 13.6. The molecule has 0 atom stereocenters. The molecule has 0 bridgehead atoms. The molecule has 1 N–H and O–H groups in total. The number of benzene rings is 1. The van der Waals surface area contributed by atoms with Crippen molar-refractivity contribution in [1.29, 1.82) is 0 Å². The van der Waals surface area contributed by atoms with Crippen molar-refractivity contribution >= 4 is 29.0 Å². The first-order valence-electron chi connectivity index (χ1n) is 5.03. The summed E-state index contributed by atoms with van der Waals surface area (Å²) in [5, 5.41) is 8.77. The number of nitrogens with zero attached hydrogens (tertiary/aromatic N) is 1. The summed E-state index contributed by atoms with van der Waals surface area (Å²) >= 11 is 5.79. The number of anilines is 1. The predicted octanol–water partition coefficient (Wildman–Crippen LogP) is 1.39. The molecular formula is C11H9ClFNO3. The lowest BCUT2D eigenvalue weighted by Crippen LogP contribution is -2.31. The Morgan fingerprint density at radius 3 is 2.71 bits per heavy atom. The lowest BCUT2D eigenvalue weighted by Gasteiger charge is -2.16. The summed E-state index contributed by atoms with van der Waals surface area (Å²) < 4.78 is 13.6. The first-order valence-corrected chi connectivity index (χ1v) is 5.40. The van der Waals surface area contributed by atoms with Crippen molar-refractivity contribution in [2.24, 2.45) is 0 Å². The molecule has 1 heterocycles. The van der Waals surface area contributed by atoms with Gasteiger partial charge < -0.3 is 10.0 Å². The number of carbonyl (C=O) groups is 2. The third-order valence-electron chi connectivity index (χ3n) is 2.55. The highest BCUT2D eigenvalue weighted by Crippen LogP contribution is 2.36. The van der Waals surface area contributed by atoms with Crippen molar-refractivity contribution in [1.82, 2.24) is 0 Å². The van der Waals surface area contributed by atoms with Gasteiger partial charge in [0.1, 0.15) is 5.82 Å². The number of halogens is 2. The van der Waals surface area contributed by atoms with Crippen molar-refractivity contribution < 1.29 is 19.1 Å². The molecule has 0 fully saturated rings. The molecule has 1 aromatic carbocycles. The Bertz CT molecular complexity index is 504. The second kappa shape index (κ2) is 4.43. The molecule has 0 saturated heterocycles. The fourth-order valence-electron chi connectivity index (χ4n) is 1.79. The van der Waals surface area contributed by atoms with Crippen LogP contribution in [-0.4, -0.2) is 29.9 Å². The van der Waals surface area contributed by atoms with Gasteiger partial charge in [0.15, 0.2) is 0 Å². The van der Waals surface area contributed by atoms with Crippen molar-refractivity contribution in [3.8, 4) is 0 Å². The number of hydrogen-bond acceptors (Lipinski definition) is 3. The number of aliphatic hydroxyl groups is 1. The van der Waals surface area contributed by atoms with Crippen LogP contribution < -0.4 is 4.90 Å². The number of hydrogen-bond donors (Lipinski definition) is 1. The second-order valence-corrected chi connectivity index (χ2v) is 4.02. The Hall–Kier alpha value is -1.46. The molecule has 0 unspecified atom stereocenters. The van der Waals surface area contributed by atoms with Crippen LogP contribution in [0.5, 0.6) is 0 Å². The lowest BCUT2D eigenvalue weighted by molar-refractivity contribution is -0.114. The van der Waals surface area contributed by atoms with E-state index in [0.29, 0.717) is 0 Å². The van der Waals surface area contributed by atoms with E-state index in [1.807, 2.05) is 0 Å². The largest absolute Gasteiger partial charge is 0.396 e. The summed E-state index contributed by atoms with van der Waals surface area (Å²) in [4.78, 5) is 24.3. The molecule has 4 nitrogen and oxygen atoms in total.